The highest BCUT2D eigenvalue weighted by Gasteiger charge is 2.40. The summed E-state index contributed by atoms with van der Waals surface area (Å²) in [6.45, 7) is 0. The van der Waals surface area contributed by atoms with Crippen LogP contribution in [0.4, 0.5) is 26.3 Å². The molecule has 2 rings (SSSR count). The first-order valence-corrected chi connectivity index (χ1v) is 7.82. The Hall–Kier alpha value is -0.600. The van der Waals surface area contributed by atoms with Gasteiger partial charge in [0.2, 0.25) is 0 Å². The number of nitrogens with zero attached hydrogens (tertiary/aromatic N) is 1. The fourth-order valence-electron chi connectivity index (χ4n) is 1.85. The van der Waals surface area contributed by atoms with Crippen molar-refractivity contribution < 1.29 is 26.3 Å². The third-order valence-electron chi connectivity index (χ3n) is 2.97. The second-order valence-electron chi connectivity index (χ2n) is 4.56. The summed E-state index contributed by atoms with van der Waals surface area (Å²) in [6, 6.07) is -0.106. The van der Waals surface area contributed by atoms with Crippen LogP contribution in [0.3, 0.4) is 0 Å². The molecule has 1 aromatic heterocycles. The van der Waals surface area contributed by atoms with Crippen LogP contribution >= 0.6 is 58.0 Å². The average Bonchev–Trinajstić information content (AvgIpc) is 2.49. The topological polar surface area (TPSA) is 12.9 Å². The van der Waals surface area contributed by atoms with Crippen molar-refractivity contribution in [2.24, 2.45) is 0 Å². The molecule has 136 valence electrons. The maximum absolute atomic E-state index is 13.3. The van der Waals surface area contributed by atoms with Gasteiger partial charge < -0.3 is 0 Å². The summed E-state index contributed by atoms with van der Waals surface area (Å²) in [7, 11) is 0. The van der Waals surface area contributed by atoms with Crippen LogP contribution in [-0.4, -0.2) is 4.98 Å². The molecule has 0 spiro atoms. The number of hydrogen-bond acceptors (Lipinski definition) is 1. The van der Waals surface area contributed by atoms with Crippen LogP contribution in [0.5, 0.6) is 0 Å². The second kappa shape index (κ2) is 6.85. The van der Waals surface area contributed by atoms with E-state index >= 15 is 0 Å². The molecular weight excluding hydrogens is 461 g/mol. The Morgan fingerprint density at radius 3 is 1.52 bits per heavy atom. The van der Waals surface area contributed by atoms with Crippen molar-refractivity contribution in [2.75, 3.05) is 0 Å². The zero-order valence-electron chi connectivity index (χ0n) is 11.3. The van der Waals surface area contributed by atoms with Gasteiger partial charge in [0.05, 0.1) is 41.9 Å². The molecule has 0 amide bonds. The summed E-state index contributed by atoms with van der Waals surface area (Å²) in [6.07, 6.45) is -10.0. The molecule has 1 heterocycles. The normalized spacial score (nSPS) is 12.6. The molecule has 25 heavy (non-hydrogen) atoms. The monoisotopic (exact) mass is 461 g/mol. The zero-order chi connectivity index (χ0) is 19.3. The SMILES string of the molecule is FC(F)(F)c1cnc(-c2c(Cl)c(Cl)c(Cl)c(Cl)c2Cl)c(C(F)(F)F)c1. The molecular formula is C13H2Cl5F6N. The van der Waals surface area contributed by atoms with E-state index in [1.165, 1.54) is 0 Å². The number of rotatable bonds is 1. The lowest BCUT2D eigenvalue weighted by atomic mass is 10.0. The van der Waals surface area contributed by atoms with E-state index in [-0.39, 0.29) is 17.3 Å². The van der Waals surface area contributed by atoms with E-state index in [0.717, 1.165) is 0 Å². The molecule has 0 fully saturated rings. The predicted molar refractivity (Wildman–Crippen MR) is 84.7 cm³/mol. The summed E-state index contributed by atoms with van der Waals surface area (Å²) in [5, 5.41) is -2.20. The van der Waals surface area contributed by atoms with Gasteiger partial charge in [0.1, 0.15) is 0 Å². The molecule has 1 aromatic carbocycles. The van der Waals surface area contributed by atoms with Gasteiger partial charge >= 0.3 is 12.4 Å². The summed E-state index contributed by atoms with van der Waals surface area (Å²) < 4.78 is 77.9. The standard InChI is InChI=1S/C13H2Cl5F6N/c14-6-5(7(15)9(17)10(18)8(6)16)11-4(13(22,23)24)1-3(2-25-11)12(19,20)21/h1-2H. The molecule has 0 saturated carbocycles. The second-order valence-corrected chi connectivity index (χ2v) is 6.45. The van der Waals surface area contributed by atoms with Gasteiger partial charge in [-0.25, -0.2) is 0 Å². The number of alkyl halides is 6. The fraction of sp³-hybridized carbons (Fsp3) is 0.154. The van der Waals surface area contributed by atoms with Crippen LogP contribution in [0.25, 0.3) is 11.3 Å². The van der Waals surface area contributed by atoms with Crippen molar-refractivity contribution >= 4 is 58.0 Å². The maximum atomic E-state index is 13.3. The minimum atomic E-state index is -5.19. The number of aromatic nitrogens is 1. The van der Waals surface area contributed by atoms with Crippen molar-refractivity contribution in [1.29, 1.82) is 0 Å². The molecule has 0 atom stereocenters. The van der Waals surface area contributed by atoms with E-state index in [9.17, 15) is 26.3 Å². The molecule has 1 nitrogen and oxygen atoms in total. The van der Waals surface area contributed by atoms with Crippen LogP contribution in [-0.2, 0) is 12.4 Å². The molecule has 0 radical (unpaired) electrons. The molecule has 2 aromatic rings. The molecule has 0 aliphatic carbocycles. The smallest absolute Gasteiger partial charge is 0.255 e. The predicted octanol–water partition coefficient (Wildman–Crippen LogP) is 8.05. The van der Waals surface area contributed by atoms with Crippen molar-refractivity contribution in [2.45, 2.75) is 12.4 Å². The summed E-state index contributed by atoms with van der Waals surface area (Å²) in [5.41, 5.74) is -4.85. The van der Waals surface area contributed by atoms with Crippen LogP contribution in [0.15, 0.2) is 12.3 Å². The van der Waals surface area contributed by atoms with Gasteiger partial charge in [-0.3, -0.25) is 4.98 Å². The molecule has 0 aliphatic heterocycles. The molecule has 0 unspecified atom stereocenters. The van der Waals surface area contributed by atoms with E-state index in [4.69, 9.17) is 58.0 Å². The van der Waals surface area contributed by atoms with Crippen LogP contribution in [0, 0.1) is 0 Å². The Bertz CT molecular complexity index is 817. The van der Waals surface area contributed by atoms with Gasteiger partial charge in [-0.2, -0.15) is 26.3 Å². The summed E-state index contributed by atoms with van der Waals surface area (Å²) >= 11 is 29.1. The highest BCUT2D eigenvalue weighted by Crippen LogP contribution is 2.50. The lowest BCUT2D eigenvalue weighted by Crippen LogP contribution is -2.13. The highest BCUT2D eigenvalue weighted by atomic mass is 35.5. The van der Waals surface area contributed by atoms with E-state index in [2.05, 4.69) is 4.98 Å². The third kappa shape index (κ3) is 3.90. The number of pyridine rings is 1. The number of hydrogen-bond donors (Lipinski definition) is 0. The van der Waals surface area contributed by atoms with Gasteiger partial charge in [-0.05, 0) is 6.07 Å². The van der Waals surface area contributed by atoms with Crippen molar-refractivity contribution in [3.8, 4) is 11.3 Å². The number of benzene rings is 1. The lowest BCUT2D eigenvalue weighted by molar-refractivity contribution is -0.143. The van der Waals surface area contributed by atoms with Crippen molar-refractivity contribution in [3.05, 3.63) is 48.5 Å². The molecule has 0 bridgehead atoms. The van der Waals surface area contributed by atoms with Gasteiger partial charge in [-0.15, -0.1) is 0 Å². The molecule has 0 N–H and O–H groups in total. The average molecular weight is 463 g/mol. The minimum absolute atomic E-state index is 0.106. The minimum Gasteiger partial charge on any atom is -0.255 e. The molecule has 12 heteroatoms. The third-order valence-corrected chi connectivity index (χ3v) is 5.24. The Balaban J connectivity index is 2.90. The first-order valence-electron chi connectivity index (χ1n) is 5.93. The first kappa shape index (κ1) is 20.7. The molecule has 0 aliphatic rings. The summed E-state index contributed by atoms with van der Waals surface area (Å²) in [4.78, 5) is 3.25. The fourth-order valence-corrected chi connectivity index (χ4v) is 3.17. The highest BCUT2D eigenvalue weighted by molar-refractivity contribution is 6.56. The van der Waals surface area contributed by atoms with Crippen molar-refractivity contribution in [3.63, 3.8) is 0 Å². The van der Waals surface area contributed by atoms with E-state index in [0.29, 0.717) is 0 Å². The van der Waals surface area contributed by atoms with Crippen LogP contribution in [0.1, 0.15) is 11.1 Å². The zero-order valence-corrected chi connectivity index (χ0v) is 15.0. The quantitative estimate of drug-likeness (QED) is 0.237. The Kier molecular flexibility index (Phi) is 5.67. The van der Waals surface area contributed by atoms with Crippen molar-refractivity contribution in [1.82, 2.24) is 4.98 Å². The Morgan fingerprint density at radius 2 is 1.12 bits per heavy atom. The number of halogens is 11. The largest absolute Gasteiger partial charge is 0.418 e. The Morgan fingerprint density at radius 1 is 0.680 bits per heavy atom. The molecule has 0 saturated heterocycles. The van der Waals surface area contributed by atoms with E-state index in [1.54, 1.807) is 0 Å². The Labute approximate surface area is 161 Å². The van der Waals surface area contributed by atoms with Gasteiger partial charge in [0.15, 0.2) is 0 Å². The van der Waals surface area contributed by atoms with Gasteiger partial charge in [-0.1, -0.05) is 58.0 Å². The van der Waals surface area contributed by atoms with Gasteiger partial charge in [0.25, 0.3) is 0 Å². The first-order chi connectivity index (χ1) is 11.3. The maximum Gasteiger partial charge on any atom is 0.418 e. The summed E-state index contributed by atoms with van der Waals surface area (Å²) in [5.74, 6) is 0. The van der Waals surface area contributed by atoms with E-state index < -0.39 is 54.8 Å². The van der Waals surface area contributed by atoms with Crippen LogP contribution < -0.4 is 0 Å². The van der Waals surface area contributed by atoms with E-state index in [1.807, 2.05) is 0 Å². The van der Waals surface area contributed by atoms with Gasteiger partial charge in [0, 0.05) is 11.8 Å². The lowest BCUT2D eigenvalue weighted by Gasteiger charge is -2.18. The van der Waals surface area contributed by atoms with Crippen LogP contribution in [0.2, 0.25) is 25.1 Å².